The van der Waals surface area contributed by atoms with Gasteiger partial charge in [0, 0.05) is 18.7 Å². The van der Waals surface area contributed by atoms with Gasteiger partial charge in [0.25, 0.3) is 5.91 Å². The number of halogens is 1. The van der Waals surface area contributed by atoms with Gasteiger partial charge in [-0.05, 0) is 49.2 Å². The molecule has 0 heterocycles. The zero-order chi connectivity index (χ0) is 16.1. The molecule has 2 rings (SSSR count). The summed E-state index contributed by atoms with van der Waals surface area (Å²) < 4.78 is 13.2. The molecule has 0 fully saturated rings. The van der Waals surface area contributed by atoms with Gasteiger partial charge in [-0.25, -0.2) is 4.39 Å². The van der Waals surface area contributed by atoms with E-state index in [0.29, 0.717) is 29.8 Å². The molecular weight excluding hydrogens is 281 g/mol. The first-order valence-corrected chi connectivity index (χ1v) is 7.39. The van der Waals surface area contributed by atoms with Crippen molar-refractivity contribution < 1.29 is 14.3 Å². The molecule has 0 aliphatic rings. The van der Waals surface area contributed by atoms with Crippen molar-refractivity contribution in [2.75, 3.05) is 13.1 Å². The highest BCUT2D eigenvalue weighted by atomic mass is 19.1. The monoisotopic (exact) mass is 301 g/mol. The fourth-order valence-electron chi connectivity index (χ4n) is 2.37. The van der Waals surface area contributed by atoms with Crippen molar-refractivity contribution in [3.63, 3.8) is 0 Å². The van der Waals surface area contributed by atoms with E-state index in [9.17, 15) is 14.3 Å². The van der Waals surface area contributed by atoms with Crippen LogP contribution in [0.3, 0.4) is 0 Å². The van der Waals surface area contributed by atoms with Crippen LogP contribution in [0.2, 0.25) is 0 Å². The highest BCUT2D eigenvalue weighted by Crippen LogP contribution is 2.23. The summed E-state index contributed by atoms with van der Waals surface area (Å²) in [7, 11) is 0. The predicted molar refractivity (Wildman–Crippen MR) is 84.2 cm³/mol. The van der Waals surface area contributed by atoms with Crippen LogP contribution in [0.25, 0.3) is 0 Å². The van der Waals surface area contributed by atoms with Gasteiger partial charge in [0.1, 0.15) is 11.9 Å². The lowest BCUT2D eigenvalue weighted by molar-refractivity contribution is 0.0773. The maximum absolute atomic E-state index is 13.2. The molecule has 0 aliphatic carbocycles. The van der Waals surface area contributed by atoms with Crippen LogP contribution in [0.1, 0.15) is 41.4 Å². The van der Waals surface area contributed by atoms with Crippen molar-refractivity contribution in [1.82, 2.24) is 4.90 Å². The molecule has 0 bridgehead atoms. The second-order valence-corrected chi connectivity index (χ2v) is 5.06. The number of amides is 1. The third-order valence-electron chi connectivity index (χ3n) is 3.69. The zero-order valence-electron chi connectivity index (χ0n) is 12.8. The summed E-state index contributed by atoms with van der Waals surface area (Å²) in [6.45, 7) is 5.18. The second-order valence-electron chi connectivity index (χ2n) is 5.06. The van der Waals surface area contributed by atoms with Crippen molar-refractivity contribution >= 4 is 5.91 Å². The number of rotatable bonds is 5. The molecule has 3 nitrogen and oxygen atoms in total. The van der Waals surface area contributed by atoms with Gasteiger partial charge in [-0.3, -0.25) is 4.79 Å². The van der Waals surface area contributed by atoms with Crippen LogP contribution in [0, 0.1) is 5.82 Å². The number of aliphatic hydroxyl groups excluding tert-OH is 1. The number of hydrogen-bond donors (Lipinski definition) is 1. The Labute approximate surface area is 130 Å². The molecule has 0 spiro atoms. The van der Waals surface area contributed by atoms with E-state index in [-0.39, 0.29) is 11.7 Å². The van der Waals surface area contributed by atoms with Crippen LogP contribution in [0.4, 0.5) is 4.39 Å². The SMILES string of the molecule is CCN(CC)C(=O)c1ccc(C(O)c2cccc(F)c2)cc1. The molecule has 4 heteroatoms. The topological polar surface area (TPSA) is 40.5 Å². The van der Waals surface area contributed by atoms with Gasteiger partial charge < -0.3 is 10.0 Å². The number of hydrogen-bond acceptors (Lipinski definition) is 2. The Morgan fingerprint density at radius 3 is 2.27 bits per heavy atom. The highest BCUT2D eigenvalue weighted by Gasteiger charge is 2.15. The van der Waals surface area contributed by atoms with Crippen LogP contribution < -0.4 is 0 Å². The summed E-state index contributed by atoms with van der Waals surface area (Å²) in [5, 5.41) is 10.3. The van der Waals surface area contributed by atoms with E-state index in [1.54, 1.807) is 41.3 Å². The Morgan fingerprint density at radius 1 is 1.09 bits per heavy atom. The molecule has 1 amide bonds. The average molecular weight is 301 g/mol. The number of carbonyl (C=O) groups is 1. The molecule has 0 radical (unpaired) electrons. The Balaban J connectivity index is 2.20. The van der Waals surface area contributed by atoms with Crippen molar-refractivity contribution in [3.05, 3.63) is 71.0 Å². The summed E-state index contributed by atoms with van der Waals surface area (Å²) >= 11 is 0. The minimum Gasteiger partial charge on any atom is -0.384 e. The molecule has 1 unspecified atom stereocenters. The van der Waals surface area contributed by atoms with Gasteiger partial charge in [0.15, 0.2) is 0 Å². The minimum atomic E-state index is -0.909. The molecule has 22 heavy (non-hydrogen) atoms. The number of carbonyl (C=O) groups excluding carboxylic acids is 1. The Hall–Kier alpha value is -2.20. The molecule has 0 aliphatic heterocycles. The number of aliphatic hydroxyl groups is 1. The summed E-state index contributed by atoms with van der Waals surface area (Å²) in [6.07, 6.45) is -0.909. The van der Waals surface area contributed by atoms with Gasteiger partial charge >= 0.3 is 0 Å². The van der Waals surface area contributed by atoms with E-state index < -0.39 is 6.10 Å². The van der Waals surface area contributed by atoms with E-state index in [2.05, 4.69) is 0 Å². The largest absolute Gasteiger partial charge is 0.384 e. The Bertz CT molecular complexity index is 636. The Morgan fingerprint density at radius 2 is 1.73 bits per heavy atom. The molecule has 2 aromatic rings. The van der Waals surface area contributed by atoms with E-state index in [0.717, 1.165) is 0 Å². The van der Waals surface area contributed by atoms with E-state index >= 15 is 0 Å². The first-order chi connectivity index (χ1) is 10.6. The molecule has 0 saturated heterocycles. The van der Waals surface area contributed by atoms with Crippen LogP contribution in [-0.4, -0.2) is 29.0 Å². The zero-order valence-corrected chi connectivity index (χ0v) is 12.8. The Kier molecular flexibility index (Phi) is 5.28. The predicted octanol–water partition coefficient (Wildman–Crippen LogP) is 3.39. The summed E-state index contributed by atoms with van der Waals surface area (Å²) in [6, 6.07) is 12.7. The van der Waals surface area contributed by atoms with Gasteiger partial charge in [-0.1, -0.05) is 24.3 Å². The summed E-state index contributed by atoms with van der Waals surface area (Å²) in [5.74, 6) is -0.415. The first-order valence-electron chi connectivity index (χ1n) is 7.39. The van der Waals surface area contributed by atoms with Crippen molar-refractivity contribution in [3.8, 4) is 0 Å². The molecule has 2 aromatic carbocycles. The third kappa shape index (κ3) is 3.52. The third-order valence-corrected chi connectivity index (χ3v) is 3.69. The van der Waals surface area contributed by atoms with Crippen LogP contribution >= 0.6 is 0 Å². The van der Waals surface area contributed by atoms with Crippen molar-refractivity contribution in [2.45, 2.75) is 20.0 Å². The smallest absolute Gasteiger partial charge is 0.253 e. The first kappa shape index (κ1) is 16.2. The van der Waals surface area contributed by atoms with Gasteiger partial charge in [0.2, 0.25) is 0 Å². The summed E-state index contributed by atoms with van der Waals surface area (Å²) in [5.41, 5.74) is 1.70. The van der Waals surface area contributed by atoms with Crippen LogP contribution in [0.15, 0.2) is 48.5 Å². The van der Waals surface area contributed by atoms with Gasteiger partial charge in [0.05, 0.1) is 0 Å². The molecule has 1 atom stereocenters. The molecule has 0 saturated carbocycles. The fourth-order valence-corrected chi connectivity index (χ4v) is 2.37. The molecule has 1 N–H and O–H groups in total. The fraction of sp³-hybridized carbons (Fsp3) is 0.278. The molecular formula is C18H20FNO2. The van der Waals surface area contributed by atoms with E-state index in [4.69, 9.17) is 0 Å². The maximum atomic E-state index is 13.2. The number of benzene rings is 2. The highest BCUT2D eigenvalue weighted by molar-refractivity contribution is 5.94. The maximum Gasteiger partial charge on any atom is 0.253 e. The molecule has 116 valence electrons. The standard InChI is InChI=1S/C18H20FNO2/c1-3-20(4-2)18(22)14-10-8-13(9-11-14)17(21)15-6-5-7-16(19)12-15/h5-12,17,21H,3-4H2,1-2H3. The lowest BCUT2D eigenvalue weighted by Crippen LogP contribution is -2.30. The van der Waals surface area contributed by atoms with Crippen LogP contribution in [-0.2, 0) is 0 Å². The number of nitrogens with zero attached hydrogens (tertiary/aromatic N) is 1. The summed E-state index contributed by atoms with van der Waals surface area (Å²) in [4.78, 5) is 14.0. The van der Waals surface area contributed by atoms with E-state index in [1.807, 2.05) is 13.8 Å². The lowest BCUT2D eigenvalue weighted by atomic mass is 10.00. The van der Waals surface area contributed by atoms with Gasteiger partial charge in [-0.15, -0.1) is 0 Å². The molecule has 0 aromatic heterocycles. The minimum absolute atomic E-state index is 0.0307. The van der Waals surface area contributed by atoms with Crippen molar-refractivity contribution in [1.29, 1.82) is 0 Å². The lowest BCUT2D eigenvalue weighted by Gasteiger charge is -2.19. The van der Waals surface area contributed by atoms with E-state index in [1.165, 1.54) is 12.1 Å². The quantitative estimate of drug-likeness (QED) is 0.919. The second kappa shape index (κ2) is 7.18. The van der Waals surface area contributed by atoms with Crippen LogP contribution in [0.5, 0.6) is 0 Å². The average Bonchev–Trinajstić information content (AvgIpc) is 2.55. The van der Waals surface area contributed by atoms with Crippen molar-refractivity contribution in [2.24, 2.45) is 0 Å². The van der Waals surface area contributed by atoms with Gasteiger partial charge in [-0.2, -0.15) is 0 Å². The normalized spacial score (nSPS) is 12.0.